The zero-order valence-electron chi connectivity index (χ0n) is 14.2. The number of benzene rings is 1. The number of aryl methyl sites for hydroxylation is 3. The quantitative estimate of drug-likeness (QED) is 0.800. The van der Waals surface area contributed by atoms with E-state index in [1.807, 2.05) is 13.0 Å². The van der Waals surface area contributed by atoms with Crippen LogP contribution in [-0.2, 0) is 13.5 Å². The largest absolute Gasteiger partial charge is 0.344 e. The predicted molar refractivity (Wildman–Crippen MR) is 93.9 cm³/mol. The third-order valence-electron chi connectivity index (χ3n) is 4.68. The van der Waals surface area contributed by atoms with Crippen LogP contribution in [0.5, 0.6) is 0 Å². The number of aromatic nitrogens is 4. The summed E-state index contributed by atoms with van der Waals surface area (Å²) < 4.78 is 1.59. The lowest BCUT2D eigenvalue weighted by Crippen LogP contribution is -2.28. The molecule has 0 fully saturated rings. The Labute approximate surface area is 145 Å². The second kappa shape index (κ2) is 6.12. The highest BCUT2D eigenvalue weighted by atomic mass is 16.2. The number of hydrogen-bond acceptors (Lipinski definition) is 4. The zero-order valence-corrected chi connectivity index (χ0v) is 14.2. The van der Waals surface area contributed by atoms with Gasteiger partial charge < -0.3 is 5.32 Å². The first-order chi connectivity index (χ1) is 12.1. The fourth-order valence-corrected chi connectivity index (χ4v) is 3.37. The summed E-state index contributed by atoms with van der Waals surface area (Å²) >= 11 is 0. The van der Waals surface area contributed by atoms with E-state index in [4.69, 9.17) is 0 Å². The van der Waals surface area contributed by atoms with Gasteiger partial charge in [-0.1, -0.05) is 12.1 Å². The van der Waals surface area contributed by atoms with Crippen molar-refractivity contribution in [1.29, 1.82) is 0 Å². The number of rotatable bonds is 3. The van der Waals surface area contributed by atoms with E-state index in [0.29, 0.717) is 5.69 Å². The highest BCUT2D eigenvalue weighted by Crippen LogP contribution is 2.34. The molecule has 0 saturated heterocycles. The summed E-state index contributed by atoms with van der Waals surface area (Å²) in [4.78, 5) is 20.9. The minimum absolute atomic E-state index is 0.0404. The van der Waals surface area contributed by atoms with Crippen LogP contribution in [0.2, 0.25) is 0 Å². The molecule has 1 aliphatic carbocycles. The lowest BCUT2D eigenvalue weighted by molar-refractivity contribution is 0.0927. The highest BCUT2D eigenvalue weighted by molar-refractivity contribution is 5.92. The third-order valence-corrected chi connectivity index (χ3v) is 4.68. The molecule has 0 radical (unpaired) electrons. The number of hydrogen-bond donors (Lipinski definition) is 1. The van der Waals surface area contributed by atoms with Gasteiger partial charge in [-0.15, -0.1) is 0 Å². The fraction of sp³-hybridized carbons (Fsp3) is 0.263. The second-order valence-corrected chi connectivity index (χ2v) is 6.36. The maximum atomic E-state index is 12.4. The van der Waals surface area contributed by atoms with Crippen LogP contribution in [-0.4, -0.2) is 25.7 Å². The van der Waals surface area contributed by atoms with Crippen LogP contribution in [0.3, 0.4) is 0 Å². The van der Waals surface area contributed by atoms with Gasteiger partial charge in [-0.3, -0.25) is 9.48 Å². The van der Waals surface area contributed by atoms with E-state index in [9.17, 15) is 4.79 Å². The maximum absolute atomic E-state index is 12.4. The Morgan fingerprint density at radius 3 is 2.88 bits per heavy atom. The molecule has 3 aromatic rings. The Bertz CT molecular complexity index is 946. The number of carbonyl (C=O) groups excluding carboxylic acids is 1. The predicted octanol–water partition coefficient (Wildman–Crippen LogP) is 2.60. The summed E-state index contributed by atoms with van der Waals surface area (Å²) in [5.41, 5.74) is 5.99. The van der Waals surface area contributed by atoms with E-state index in [0.717, 1.165) is 29.8 Å². The van der Waals surface area contributed by atoms with E-state index in [2.05, 4.69) is 38.6 Å². The topological polar surface area (TPSA) is 72.7 Å². The van der Waals surface area contributed by atoms with E-state index in [-0.39, 0.29) is 11.9 Å². The van der Waals surface area contributed by atoms with Crippen molar-refractivity contribution in [2.45, 2.75) is 25.8 Å². The first-order valence-electron chi connectivity index (χ1n) is 8.32. The van der Waals surface area contributed by atoms with Gasteiger partial charge in [0.2, 0.25) is 0 Å². The molecule has 1 atom stereocenters. The monoisotopic (exact) mass is 333 g/mol. The van der Waals surface area contributed by atoms with Crippen molar-refractivity contribution >= 4 is 5.91 Å². The van der Waals surface area contributed by atoms with Gasteiger partial charge in [0.25, 0.3) is 5.91 Å². The molecule has 0 bridgehead atoms. The van der Waals surface area contributed by atoms with Gasteiger partial charge in [-0.25, -0.2) is 9.97 Å². The molecule has 2 heterocycles. The molecule has 1 N–H and O–H groups in total. The zero-order chi connectivity index (χ0) is 17.4. The maximum Gasteiger partial charge on any atom is 0.270 e. The summed E-state index contributed by atoms with van der Waals surface area (Å²) in [6.07, 6.45) is 5.08. The number of amides is 1. The fourth-order valence-electron chi connectivity index (χ4n) is 3.37. The summed E-state index contributed by atoms with van der Waals surface area (Å²) in [6, 6.07) is 10.1. The molecule has 1 aliphatic rings. The normalized spacial score (nSPS) is 15.8. The average Bonchev–Trinajstić information content (AvgIpc) is 3.21. The van der Waals surface area contributed by atoms with Crippen LogP contribution < -0.4 is 5.32 Å². The van der Waals surface area contributed by atoms with E-state index < -0.39 is 0 Å². The number of nitrogens with zero attached hydrogens (tertiary/aromatic N) is 4. The molecule has 6 heteroatoms. The minimum atomic E-state index is -0.0895. The summed E-state index contributed by atoms with van der Waals surface area (Å²) in [7, 11) is 1.77. The molecule has 126 valence electrons. The van der Waals surface area contributed by atoms with E-state index in [1.54, 1.807) is 30.3 Å². The highest BCUT2D eigenvalue weighted by Gasteiger charge is 2.25. The molecule has 1 amide bonds. The molecule has 1 unspecified atom stereocenters. The molecule has 6 nitrogen and oxygen atoms in total. The van der Waals surface area contributed by atoms with Gasteiger partial charge in [-0.2, -0.15) is 5.10 Å². The first-order valence-corrected chi connectivity index (χ1v) is 8.32. The Hall–Kier alpha value is -3.02. The average molecular weight is 333 g/mol. The SMILES string of the molecule is Cc1cc(-c2ccc3c(c2)CCC3NC(=O)c2ccnn2C)ncn1. The lowest BCUT2D eigenvalue weighted by atomic mass is 10.0. The van der Waals surface area contributed by atoms with Crippen LogP contribution in [0.25, 0.3) is 11.3 Å². The molecule has 1 aromatic carbocycles. The molecule has 0 spiro atoms. The van der Waals surface area contributed by atoms with Gasteiger partial charge in [0.05, 0.1) is 11.7 Å². The van der Waals surface area contributed by atoms with Crippen LogP contribution in [0.15, 0.2) is 42.9 Å². The summed E-state index contributed by atoms with van der Waals surface area (Å²) in [5, 5.41) is 7.17. The molecular weight excluding hydrogens is 314 g/mol. The van der Waals surface area contributed by atoms with Gasteiger partial charge in [0, 0.05) is 24.5 Å². The van der Waals surface area contributed by atoms with Crippen molar-refractivity contribution < 1.29 is 4.79 Å². The van der Waals surface area contributed by atoms with E-state index >= 15 is 0 Å². The number of carbonyl (C=O) groups is 1. The third kappa shape index (κ3) is 2.91. The van der Waals surface area contributed by atoms with Crippen molar-refractivity contribution in [3.05, 3.63) is 65.4 Å². The molecule has 0 saturated carbocycles. The Morgan fingerprint density at radius 2 is 2.12 bits per heavy atom. The molecule has 0 aliphatic heterocycles. The van der Waals surface area contributed by atoms with Gasteiger partial charge in [-0.05, 0) is 49.1 Å². The Kier molecular flexibility index (Phi) is 3.80. The molecule has 2 aromatic heterocycles. The van der Waals surface area contributed by atoms with Gasteiger partial charge in [0.15, 0.2) is 0 Å². The molecule has 4 rings (SSSR count). The Morgan fingerprint density at radius 1 is 1.24 bits per heavy atom. The molecular formula is C19H19N5O. The summed E-state index contributed by atoms with van der Waals surface area (Å²) in [6.45, 7) is 1.96. The smallest absolute Gasteiger partial charge is 0.270 e. The molecule has 25 heavy (non-hydrogen) atoms. The minimum Gasteiger partial charge on any atom is -0.344 e. The van der Waals surface area contributed by atoms with Crippen molar-refractivity contribution in [3.63, 3.8) is 0 Å². The summed E-state index contributed by atoms with van der Waals surface area (Å²) in [5.74, 6) is -0.0895. The van der Waals surface area contributed by atoms with Crippen LogP contribution >= 0.6 is 0 Å². The van der Waals surface area contributed by atoms with Crippen LogP contribution in [0.4, 0.5) is 0 Å². The van der Waals surface area contributed by atoms with Crippen molar-refractivity contribution in [1.82, 2.24) is 25.1 Å². The first kappa shape index (κ1) is 15.5. The van der Waals surface area contributed by atoms with Crippen LogP contribution in [0.1, 0.15) is 39.8 Å². The van der Waals surface area contributed by atoms with E-state index in [1.165, 1.54) is 11.1 Å². The Balaban J connectivity index is 1.57. The van der Waals surface area contributed by atoms with Crippen molar-refractivity contribution in [3.8, 4) is 11.3 Å². The van der Waals surface area contributed by atoms with Gasteiger partial charge >= 0.3 is 0 Å². The standard InChI is InChI=1S/C19H19N5O/c1-12-9-17(21-11-20-12)14-3-5-15-13(10-14)4-6-16(15)23-19(25)18-7-8-22-24(18)2/h3,5,7-11,16H,4,6H2,1-2H3,(H,23,25). The lowest BCUT2D eigenvalue weighted by Gasteiger charge is -2.14. The second-order valence-electron chi connectivity index (χ2n) is 6.36. The van der Waals surface area contributed by atoms with Crippen molar-refractivity contribution in [2.24, 2.45) is 7.05 Å². The number of nitrogens with one attached hydrogen (secondary N) is 1. The van der Waals surface area contributed by atoms with Gasteiger partial charge in [0.1, 0.15) is 12.0 Å². The van der Waals surface area contributed by atoms with Crippen molar-refractivity contribution in [2.75, 3.05) is 0 Å². The number of fused-ring (bicyclic) bond motifs is 1. The van der Waals surface area contributed by atoms with Crippen LogP contribution in [0, 0.1) is 6.92 Å².